The van der Waals surface area contributed by atoms with Crippen LogP contribution in [0.1, 0.15) is 49.3 Å². The fourth-order valence-electron chi connectivity index (χ4n) is 3.50. The van der Waals surface area contributed by atoms with Crippen molar-refractivity contribution in [1.29, 1.82) is 0 Å². The summed E-state index contributed by atoms with van der Waals surface area (Å²) in [6, 6.07) is 4.91. The number of carbonyl (C=O) groups is 1. The van der Waals surface area contributed by atoms with Gasteiger partial charge in [-0.25, -0.2) is 4.39 Å². The van der Waals surface area contributed by atoms with Crippen LogP contribution in [0.15, 0.2) is 18.2 Å². The van der Waals surface area contributed by atoms with Crippen molar-refractivity contribution in [3.05, 3.63) is 35.1 Å². The summed E-state index contributed by atoms with van der Waals surface area (Å²) in [4.78, 5) is 12.1. The van der Waals surface area contributed by atoms with Crippen molar-refractivity contribution in [2.75, 3.05) is 13.1 Å². The highest BCUT2D eigenvalue weighted by Gasteiger charge is 2.24. The number of nitrogens with one attached hydrogen (secondary N) is 2. The average molecular weight is 290 g/mol. The van der Waals surface area contributed by atoms with Crippen LogP contribution in [0.25, 0.3) is 0 Å². The number of benzene rings is 1. The van der Waals surface area contributed by atoms with Crippen LogP contribution < -0.4 is 10.6 Å². The third-order valence-electron chi connectivity index (χ3n) is 4.76. The molecule has 0 aromatic heterocycles. The average Bonchev–Trinajstić information content (AvgIpc) is 2.88. The number of hydrogen-bond donors (Lipinski definition) is 2. The lowest BCUT2D eigenvalue weighted by molar-refractivity contribution is -0.122. The molecule has 1 saturated heterocycles. The molecule has 1 aromatic rings. The van der Waals surface area contributed by atoms with Crippen molar-refractivity contribution < 1.29 is 9.18 Å². The van der Waals surface area contributed by atoms with Gasteiger partial charge in [0, 0.05) is 6.42 Å². The van der Waals surface area contributed by atoms with Gasteiger partial charge in [0.2, 0.25) is 5.91 Å². The second-order valence-electron chi connectivity index (χ2n) is 6.23. The van der Waals surface area contributed by atoms with Crippen LogP contribution in [0.4, 0.5) is 4.39 Å². The summed E-state index contributed by atoms with van der Waals surface area (Å²) in [5.41, 5.74) is 2.13. The van der Waals surface area contributed by atoms with E-state index in [9.17, 15) is 9.18 Å². The van der Waals surface area contributed by atoms with E-state index < -0.39 is 0 Å². The zero-order chi connectivity index (χ0) is 14.7. The topological polar surface area (TPSA) is 41.1 Å². The van der Waals surface area contributed by atoms with Gasteiger partial charge in [0.1, 0.15) is 5.82 Å². The molecule has 4 heteroatoms. The molecule has 1 heterocycles. The second kappa shape index (κ2) is 6.56. The highest BCUT2D eigenvalue weighted by molar-refractivity contribution is 5.76. The molecular weight excluding hydrogens is 267 g/mol. The molecule has 0 saturated carbocycles. The third kappa shape index (κ3) is 3.62. The summed E-state index contributed by atoms with van der Waals surface area (Å²) in [5.74, 6) is 0.561. The summed E-state index contributed by atoms with van der Waals surface area (Å²) in [5, 5.41) is 6.42. The Morgan fingerprint density at radius 2 is 2.10 bits per heavy atom. The first-order valence-corrected chi connectivity index (χ1v) is 8.01. The van der Waals surface area contributed by atoms with Gasteiger partial charge < -0.3 is 10.6 Å². The van der Waals surface area contributed by atoms with E-state index in [0.717, 1.165) is 37.9 Å². The monoisotopic (exact) mass is 290 g/mol. The van der Waals surface area contributed by atoms with E-state index in [2.05, 4.69) is 10.6 Å². The maximum absolute atomic E-state index is 13.3. The predicted molar refractivity (Wildman–Crippen MR) is 80.4 cm³/mol. The molecular formula is C17H23FN2O. The van der Waals surface area contributed by atoms with E-state index in [1.807, 2.05) is 6.07 Å². The van der Waals surface area contributed by atoms with Gasteiger partial charge in [0.15, 0.2) is 0 Å². The van der Waals surface area contributed by atoms with Gasteiger partial charge >= 0.3 is 0 Å². The first-order chi connectivity index (χ1) is 10.2. The number of amides is 1. The summed E-state index contributed by atoms with van der Waals surface area (Å²) in [7, 11) is 0. The number of aryl methyl sites for hydroxylation is 1. The van der Waals surface area contributed by atoms with Gasteiger partial charge in [0.25, 0.3) is 0 Å². The van der Waals surface area contributed by atoms with Crippen LogP contribution in [-0.4, -0.2) is 19.0 Å². The molecule has 1 aliphatic heterocycles. The number of fused-ring (bicyclic) bond motifs is 1. The van der Waals surface area contributed by atoms with Crippen molar-refractivity contribution in [2.24, 2.45) is 5.92 Å². The number of piperidine rings is 1. The van der Waals surface area contributed by atoms with E-state index in [0.29, 0.717) is 12.3 Å². The molecule has 1 fully saturated rings. The Hall–Kier alpha value is -1.42. The van der Waals surface area contributed by atoms with Crippen LogP contribution in [0.5, 0.6) is 0 Å². The predicted octanol–water partition coefficient (Wildman–Crippen LogP) is 2.71. The Morgan fingerprint density at radius 3 is 2.90 bits per heavy atom. The van der Waals surface area contributed by atoms with Gasteiger partial charge in [0.05, 0.1) is 6.04 Å². The van der Waals surface area contributed by atoms with E-state index >= 15 is 0 Å². The normalized spacial score (nSPS) is 22.0. The van der Waals surface area contributed by atoms with Gasteiger partial charge in [-0.1, -0.05) is 6.07 Å². The number of halogens is 1. The molecule has 0 unspecified atom stereocenters. The smallest absolute Gasteiger partial charge is 0.220 e. The lowest BCUT2D eigenvalue weighted by atomic mass is 9.93. The first kappa shape index (κ1) is 14.5. The first-order valence-electron chi connectivity index (χ1n) is 8.01. The Labute approximate surface area is 125 Å². The molecule has 1 amide bonds. The van der Waals surface area contributed by atoms with Crippen molar-refractivity contribution in [1.82, 2.24) is 10.6 Å². The minimum absolute atomic E-state index is 0.00350. The van der Waals surface area contributed by atoms with Crippen LogP contribution in [-0.2, 0) is 11.2 Å². The van der Waals surface area contributed by atoms with E-state index in [4.69, 9.17) is 0 Å². The van der Waals surface area contributed by atoms with E-state index in [1.165, 1.54) is 24.5 Å². The maximum Gasteiger partial charge on any atom is 0.220 e. The van der Waals surface area contributed by atoms with E-state index in [-0.39, 0.29) is 17.8 Å². The Morgan fingerprint density at radius 1 is 1.29 bits per heavy atom. The molecule has 0 bridgehead atoms. The summed E-state index contributed by atoms with van der Waals surface area (Å²) in [6.45, 7) is 2.14. The summed E-state index contributed by atoms with van der Waals surface area (Å²) >= 11 is 0. The molecule has 0 spiro atoms. The molecule has 21 heavy (non-hydrogen) atoms. The summed E-state index contributed by atoms with van der Waals surface area (Å²) in [6.07, 6.45) is 5.71. The minimum atomic E-state index is -0.218. The molecule has 1 aliphatic carbocycles. The number of hydrogen-bond acceptors (Lipinski definition) is 2. The van der Waals surface area contributed by atoms with Gasteiger partial charge in [-0.3, -0.25) is 4.79 Å². The molecule has 1 atom stereocenters. The van der Waals surface area contributed by atoms with Crippen molar-refractivity contribution in [2.45, 2.75) is 44.6 Å². The van der Waals surface area contributed by atoms with Crippen LogP contribution in [0.3, 0.4) is 0 Å². The van der Waals surface area contributed by atoms with Crippen LogP contribution >= 0.6 is 0 Å². The van der Waals surface area contributed by atoms with Crippen LogP contribution in [0, 0.1) is 11.7 Å². The standard InChI is InChI=1S/C17H23FN2O/c18-14-4-2-13-3-5-16(15(13)11-14)20-17(21)6-1-12-7-9-19-10-8-12/h2,4,11-12,16,19H,1,3,5-10H2,(H,20,21)/t16-/m1/s1. The van der Waals surface area contributed by atoms with Crippen molar-refractivity contribution in [3.63, 3.8) is 0 Å². The molecule has 2 aliphatic rings. The molecule has 3 rings (SSSR count). The minimum Gasteiger partial charge on any atom is -0.349 e. The number of rotatable bonds is 4. The van der Waals surface area contributed by atoms with E-state index in [1.54, 1.807) is 6.07 Å². The number of carbonyl (C=O) groups excluding carboxylic acids is 1. The highest BCUT2D eigenvalue weighted by Crippen LogP contribution is 2.31. The molecule has 1 aromatic carbocycles. The lowest BCUT2D eigenvalue weighted by Crippen LogP contribution is -2.30. The fraction of sp³-hybridized carbons (Fsp3) is 0.588. The maximum atomic E-state index is 13.3. The van der Waals surface area contributed by atoms with Gasteiger partial charge in [-0.05, 0) is 74.4 Å². The Balaban J connectivity index is 1.51. The third-order valence-corrected chi connectivity index (χ3v) is 4.76. The molecule has 2 N–H and O–H groups in total. The highest BCUT2D eigenvalue weighted by atomic mass is 19.1. The molecule has 114 valence electrons. The van der Waals surface area contributed by atoms with Gasteiger partial charge in [-0.2, -0.15) is 0 Å². The molecule has 0 radical (unpaired) electrons. The SMILES string of the molecule is O=C(CCC1CCNCC1)N[C@@H]1CCc2ccc(F)cc21. The summed E-state index contributed by atoms with van der Waals surface area (Å²) < 4.78 is 13.3. The second-order valence-corrected chi connectivity index (χ2v) is 6.23. The fourth-order valence-corrected chi connectivity index (χ4v) is 3.50. The quantitative estimate of drug-likeness (QED) is 0.895. The van der Waals surface area contributed by atoms with Crippen molar-refractivity contribution in [3.8, 4) is 0 Å². The van der Waals surface area contributed by atoms with Gasteiger partial charge in [-0.15, -0.1) is 0 Å². The molecule has 3 nitrogen and oxygen atoms in total. The zero-order valence-electron chi connectivity index (χ0n) is 12.3. The lowest BCUT2D eigenvalue weighted by Gasteiger charge is -2.22. The zero-order valence-corrected chi connectivity index (χ0v) is 12.3. The Kier molecular flexibility index (Phi) is 4.54. The Bertz CT molecular complexity index is 512. The van der Waals surface area contributed by atoms with Crippen LogP contribution in [0.2, 0.25) is 0 Å². The largest absolute Gasteiger partial charge is 0.349 e. The van der Waals surface area contributed by atoms with Crippen molar-refractivity contribution >= 4 is 5.91 Å².